The smallest absolute Gasteiger partial charge is 0.0237 e. The Labute approximate surface area is 203 Å². The second-order valence-corrected chi connectivity index (χ2v) is 11.0. The molecule has 0 aliphatic heterocycles. The maximum absolute atomic E-state index is 2.52. The molecule has 0 saturated carbocycles. The van der Waals surface area contributed by atoms with Crippen molar-refractivity contribution in [2.45, 2.75) is 46.5 Å². The third kappa shape index (κ3) is 3.44. The van der Waals surface area contributed by atoms with Gasteiger partial charge in [-0.15, -0.1) is 0 Å². The lowest BCUT2D eigenvalue weighted by molar-refractivity contribution is 0.517. The highest BCUT2D eigenvalue weighted by Crippen LogP contribution is 2.46. The molecule has 0 heterocycles. The first-order chi connectivity index (χ1) is 16.4. The van der Waals surface area contributed by atoms with Crippen LogP contribution in [0.25, 0.3) is 21.9 Å². The van der Waals surface area contributed by atoms with Crippen molar-refractivity contribution in [2.75, 3.05) is 0 Å². The van der Waals surface area contributed by atoms with Crippen molar-refractivity contribution in [1.29, 1.82) is 0 Å². The molecule has 4 aromatic rings. The summed E-state index contributed by atoms with van der Waals surface area (Å²) in [6.45, 7) is 9.27. The van der Waals surface area contributed by atoms with Crippen molar-refractivity contribution in [2.24, 2.45) is 5.41 Å². The van der Waals surface area contributed by atoms with E-state index in [1.165, 1.54) is 60.9 Å². The number of fused-ring (bicyclic) bond motifs is 4. The standard InChI is InChI=1S/C34H32/c1-22-18-26(34(2,3)4)21-31(22)30-17-16-29-28-15-8-6-11-25(28)20-32(29)33(30)19-24-13-9-12-23-10-5-7-14-27(23)24/h5-18,21,31H,19-20H2,1-4H3. The Kier molecular flexibility index (Phi) is 4.88. The van der Waals surface area contributed by atoms with Crippen molar-refractivity contribution in [3.8, 4) is 11.1 Å². The molecule has 4 aromatic carbocycles. The molecule has 0 aromatic heterocycles. The molecule has 168 valence electrons. The second kappa shape index (κ2) is 7.84. The average molecular weight is 441 g/mol. The minimum Gasteiger partial charge on any atom is -0.0692 e. The summed E-state index contributed by atoms with van der Waals surface area (Å²) in [6, 6.07) is 29.3. The first-order valence-electron chi connectivity index (χ1n) is 12.5. The number of benzene rings is 4. The van der Waals surface area contributed by atoms with Crippen LogP contribution in [0.3, 0.4) is 0 Å². The molecule has 0 heteroatoms. The molecule has 0 saturated heterocycles. The van der Waals surface area contributed by atoms with E-state index in [4.69, 9.17) is 0 Å². The van der Waals surface area contributed by atoms with E-state index in [9.17, 15) is 0 Å². The van der Waals surface area contributed by atoms with E-state index in [1.54, 1.807) is 0 Å². The Bertz CT molecular complexity index is 1480. The van der Waals surface area contributed by atoms with Crippen molar-refractivity contribution >= 4 is 10.8 Å². The maximum Gasteiger partial charge on any atom is 0.0237 e. The predicted octanol–water partition coefficient (Wildman–Crippen LogP) is 9.02. The SMILES string of the molecule is CC1=CC(C(C)(C)C)=CC1c1ccc2c(c1Cc1cccc3ccccc13)Cc1ccccc1-2. The minimum atomic E-state index is 0.165. The Balaban J connectivity index is 1.54. The fourth-order valence-electron chi connectivity index (χ4n) is 5.93. The Morgan fingerprint density at radius 1 is 0.794 bits per heavy atom. The van der Waals surface area contributed by atoms with Gasteiger partial charge >= 0.3 is 0 Å². The molecule has 0 nitrogen and oxygen atoms in total. The summed E-state index contributed by atoms with van der Waals surface area (Å²) < 4.78 is 0. The molecule has 6 rings (SSSR count). The molecule has 0 bridgehead atoms. The summed E-state index contributed by atoms with van der Waals surface area (Å²) in [6.07, 6.45) is 6.95. The summed E-state index contributed by atoms with van der Waals surface area (Å²) in [7, 11) is 0. The fraction of sp³-hybridized carbons (Fsp3) is 0.235. The van der Waals surface area contributed by atoms with Gasteiger partial charge in [0.2, 0.25) is 0 Å². The van der Waals surface area contributed by atoms with E-state index in [2.05, 4.69) is 119 Å². The zero-order chi connectivity index (χ0) is 23.4. The van der Waals surface area contributed by atoms with Crippen LogP contribution in [-0.4, -0.2) is 0 Å². The molecular weight excluding hydrogens is 408 g/mol. The van der Waals surface area contributed by atoms with E-state index in [1.807, 2.05) is 0 Å². The van der Waals surface area contributed by atoms with E-state index in [0.717, 1.165) is 12.8 Å². The van der Waals surface area contributed by atoms with Crippen LogP contribution in [0, 0.1) is 5.41 Å². The Morgan fingerprint density at radius 3 is 2.38 bits per heavy atom. The number of allylic oxidation sites excluding steroid dienone is 4. The topological polar surface area (TPSA) is 0 Å². The summed E-state index contributed by atoms with van der Waals surface area (Å²) >= 11 is 0. The van der Waals surface area contributed by atoms with Crippen LogP contribution in [0.15, 0.2) is 102 Å². The Morgan fingerprint density at radius 2 is 1.56 bits per heavy atom. The highest BCUT2D eigenvalue weighted by molar-refractivity contribution is 5.86. The summed E-state index contributed by atoms with van der Waals surface area (Å²) in [5.41, 5.74) is 13.3. The maximum atomic E-state index is 2.52. The summed E-state index contributed by atoms with van der Waals surface area (Å²) in [5.74, 6) is 0.355. The van der Waals surface area contributed by atoms with E-state index >= 15 is 0 Å². The van der Waals surface area contributed by atoms with E-state index in [0.29, 0.717) is 5.92 Å². The van der Waals surface area contributed by atoms with Gasteiger partial charge in [-0.25, -0.2) is 0 Å². The predicted molar refractivity (Wildman–Crippen MR) is 145 cm³/mol. The van der Waals surface area contributed by atoms with Crippen LogP contribution in [0.2, 0.25) is 0 Å². The van der Waals surface area contributed by atoms with Gasteiger partial charge in [-0.2, -0.15) is 0 Å². The molecule has 2 aliphatic rings. The first-order valence-corrected chi connectivity index (χ1v) is 12.5. The number of hydrogen-bond donors (Lipinski definition) is 0. The molecule has 1 unspecified atom stereocenters. The Hall–Kier alpha value is -3.38. The summed E-state index contributed by atoms with van der Waals surface area (Å²) in [5, 5.41) is 2.69. The van der Waals surface area contributed by atoms with Gasteiger partial charge in [0, 0.05) is 5.92 Å². The molecule has 0 fully saturated rings. The van der Waals surface area contributed by atoms with Crippen molar-refractivity contribution in [1.82, 2.24) is 0 Å². The molecule has 0 N–H and O–H groups in total. The first kappa shape index (κ1) is 21.2. The van der Waals surface area contributed by atoms with Gasteiger partial charge in [-0.05, 0) is 80.5 Å². The lowest BCUT2D eigenvalue weighted by atomic mass is 9.82. The molecule has 34 heavy (non-hydrogen) atoms. The largest absolute Gasteiger partial charge is 0.0692 e. The zero-order valence-corrected chi connectivity index (χ0v) is 20.7. The van der Waals surface area contributed by atoms with E-state index < -0.39 is 0 Å². The number of rotatable bonds is 3. The average Bonchev–Trinajstić information content (AvgIpc) is 3.40. The quantitative estimate of drug-likeness (QED) is 0.262. The molecule has 0 spiro atoms. The van der Waals surface area contributed by atoms with Crippen LogP contribution in [0.1, 0.15) is 61.4 Å². The lowest BCUT2D eigenvalue weighted by Crippen LogP contribution is -2.07. The van der Waals surface area contributed by atoms with Crippen molar-refractivity contribution < 1.29 is 0 Å². The third-order valence-electron chi connectivity index (χ3n) is 7.81. The van der Waals surface area contributed by atoms with Gasteiger partial charge in [0.15, 0.2) is 0 Å². The van der Waals surface area contributed by atoms with Gasteiger partial charge in [-0.1, -0.05) is 117 Å². The van der Waals surface area contributed by atoms with Gasteiger partial charge in [0.05, 0.1) is 0 Å². The lowest BCUT2D eigenvalue weighted by Gasteiger charge is -2.21. The van der Waals surface area contributed by atoms with Crippen molar-refractivity contribution in [3.05, 3.63) is 130 Å². The zero-order valence-electron chi connectivity index (χ0n) is 20.7. The van der Waals surface area contributed by atoms with E-state index in [-0.39, 0.29) is 5.41 Å². The van der Waals surface area contributed by atoms with Gasteiger partial charge < -0.3 is 0 Å². The molecule has 0 radical (unpaired) electrons. The van der Waals surface area contributed by atoms with Gasteiger partial charge in [0.1, 0.15) is 0 Å². The monoisotopic (exact) mass is 440 g/mol. The highest BCUT2D eigenvalue weighted by Gasteiger charge is 2.29. The third-order valence-corrected chi connectivity index (χ3v) is 7.81. The fourth-order valence-corrected chi connectivity index (χ4v) is 5.93. The van der Waals surface area contributed by atoms with Crippen LogP contribution in [-0.2, 0) is 12.8 Å². The van der Waals surface area contributed by atoms with Crippen LogP contribution in [0.5, 0.6) is 0 Å². The molecule has 0 amide bonds. The summed E-state index contributed by atoms with van der Waals surface area (Å²) in [4.78, 5) is 0. The number of hydrogen-bond acceptors (Lipinski definition) is 0. The molecular formula is C34H32. The normalized spacial score (nSPS) is 16.9. The highest BCUT2D eigenvalue weighted by atomic mass is 14.3. The van der Waals surface area contributed by atoms with Crippen molar-refractivity contribution in [3.63, 3.8) is 0 Å². The van der Waals surface area contributed by atoms with Crippen LogP contribution < -0.4 is 0 Å². The molecule has 2 aliphatic carbocycles. The molecule has 1 atom stereocenters. The second-order valence-electron chi connectivity index (χ2n) is 11.0. The van der Waals surface area contributed by atoms with Crippen LogP contribution in [0.4, 0.5) is 0 Å². The minimum absolute atomic E-state index is 0.165. The van der Waals surface area contributed by atoms with Crippen LogP contribution >= 0.6 is 0 Å². The van der Waals surface area contributed by atoms with Gasteiger partial charge in [0.25, 0.3) is 0 Å². The van der Waals surface area contributed by atoms with Gasteiger partial charge in [-0.3, -0.25) is 0 Å².